The van der Waals surface area contributed by atoms with Crippen molar-refractivity contribution in [1.82, 2.24) is 10.2 Å². The number of likely N-dealkylation sites (tertiary alicyclic amines) is 1. The number of amides is 1. The Bertz CT molecular complexity index is 286. The lowest BCUT2D eigenvalue weighted by atomic mass is 9.85. The molecule has 0 aromatic rings. The molecule has 1 saturated heterocycles. The van der Waals surface area contributed by atoms with Gasteiger partial charge in [0.1, 0.15) is 0 Å². The second-order valence-electron chi connectivity index (χ2n) is 7.14. The van der Waals surface area contributed by atoms with E-state index < -0.39 is 0 Å². The summed E-state index contributed by atoms with van der Waals surface area (Å²) in [5, 5.41) is 3.64. The molecule has 0 spiro atoms. The monoisotopic (exact) mass is 268 g/mol. The highest BCUT2D eigenvalue weighted by Crippen LogP contribution is 2.25. The zero-order chi connectivity index (χ0) is 14.6. The molecule has 1 aliphatic heterocycles. The van der Waals surface area contributed by atoms with Crippen molar-refractivity contribution in [3.63, 3.8) is 0 Å². The van der Waals surface area contributed by atoms with Gasteiger partial charge in [-0.3, -0.25) is 4.79 Å². The lowest BCUT2D eigenvalue weighted by molar-refractivity contribution is -0.137. The molecule has 1 aliphatic rings. The summed E-state index contributed by atoms with van der Waals surface area (Å²) >= 11 is 0. The second-order valence-corrected chi connectivity index (χ2v) is 7.14. The van der Waals surface area contributed by atoms with Gasteiger partial charge in [0.05, 0.1) is 0 Å². The molecule has 0 radical (unpaired) electrons. The third kappa shape index (κ3) is 5.13. The Morgan fingerprint density at radius 1 is 1.16 bits per heavy atom. The van der Waals surface area contributed by atoms with Crippen LogP contribution in [0, 0.1) is 23.7 Å². The number of nitrogens with one attached hydrogen (secondary N) is 1. The fourth-order valence-electron chi connectivity index (χ4n) is 2.72. The number of carbonyl (C=O) groups is 1. The molecule has 112 valence electrons. The normalized spacial score (nSPS) is 24.6. The van der Waals surface area contributed by atoms with E-state index >= 15 is 0 Å². The van der Waals surface area contributed by atoms with Gasteiger partial charge in [-0.1, -0.05) is 41.5 Å². The van der Waals surface area contributed by atoms with Gasteiger partial charge in [-0.25, -0.2) is 0 Å². The predicted octanol–water partition coefficient (Wildman–Crippen LogP) is 2.76. The van der Waals surface area contributed by atoms with Crippen LogP contribution in [0.5, 0.6) is 0 Å². The summed E-state index contributed by atoms with van der Waals surface area (Å²) in [4.78, 5) is 14.3. The Kier molecular flexibility index (Phi) is 6.31. The van der Waals surface area contributed by atoms with E-state index in [4.69, 9.17) is 0 Å². The summed E-state index contributed by atoms with van der Waals surface area (Å²) in [7, 11) is 0. The summed E-state index contributed by atoms with van der Waals surface area (Å²) in [5.74, 6) is 2.35. The maximum Gasteiger partial charge on any atom is 0.225 e. The second kappa shape index (κ2) is 7.28. The van der Waals surface area contributed by atoms with E-state index in [0.717, 1.165) is 19.6 Å². The average Bonchev–Trinajstić information content (AvgIpc) is 2.34. The molecule has 1 heterocycles. The van der Waals surface area contributed by atoms with Gasteiger partial charge in [-0.15, -0.1) is 0 Å². The van der Waals surface area contributed by atoms with Gasteiger partial charge in [0.25, 0.3) is 0 Å². The van der Waals surface area contributed by atoms with E-state index in [-0.39, 0.29) is 5.92 Å². The highest BCUT2D eigenvalue weighted by atomic mass is 16.2. The Morgan fingerprint density at radius 2 is 1.79 bits per heavy atom. The zero-order valence-corrected chi connectivity index (χ0v) is 13.6. The van der Waals surface area contributed by atoms with E-state index in [1.165, 1.54) is 6.42 Å². The molecule has 0 saturated carbocycles. The quantitative estimate of drug-likeness (QED) is 0.831. The van der Waals surface area contributed by atoms with Gasteiger partial charge in [0.15, 0.2) is 0 Å². The van der Waals surface area contributed by atoms with Crippen LogP contribution in [-0.2, 0) is 4.79 Å². The highest BCUT2D eigenvalue weighted by molar-refractivity contribution is 5.78. The zero-order valence-electron chi connectivity index (χ0n) is 13.6. The van der Waals surface area contributed by atoms with Crippen LogP contribution < -0.4 is 5.32 Å². The molecule has 0 aromatic carbocycles. The SMILES string of the molecule is CC(C)CNC1CC(C(C)C)CN(C(=O)C(C)C)C1. The van der Waals surface area contributed by atoms with E-state index in [0.29, 0.717) is 29.7 Å². The summed E-state index contributed by atoms with van der Waals surface area (Å²) < 4.78 is 0. The standard InChI is InChI=1S/C16H32N2O/c1-11(2)8-17-15-7-14(12(3)4)9-18(10-15)16(19)13(5)6/h11-15,17H,7-10H2,1-6H3. The Labute approximate surface area is 119 Å². The van der Waals surface area contributed by atoms with E-state index in [9.17, 15) is 4.79 Å². The van der Waals surface area contributed by atoms with E-state index in [1.54, 1.807) is 0 Å². The van der Waals surface area contributed by atoms with E-state index in [2.05, 4.69) is 37.9 Å². The van der Waals surface area contributed by atoms with Crippen molar-refractivity contribution in [2.75, 3.05) is 19.6 Å². The minimum Gasteiger partial charge on any atom is -0.341 e. The summed E-state index contributed by atoms with van der Waals surface area (Å²) in [6.45, 7) is 15.9. The largest absolute Gasteiger partial charge is 0.341 e. The maximum absolute atomic E-state index is 12.2. The Morgan fingerprint density at radius 3 is 2.26 bits per heavy atom. The minimum atomic E-state index is 0.108. The maximum atomic E-state index is 12.2. The van der Waals surface area contributed by atoms with Crippen LogP contribution in [-0.4, -0.2) is 36.5 Å². The molecular weight excluding hydrogens is 236 g/mol. The van der Waals surface area contributed by atoms with Crippen molar-refractivity contribution >= 4 is 5.91 Å². The number of hydrogen-bond acceptors (Lipinski definition) is 2. The van der Waals surface area contributed by atoms with Crippen molar-refractivity contribution < 1.29 is 4.79 Å². The van der Waals surface area contributed by atoms with Crippen LogP contribution in [0.1, 0.15) is 48.0 Å². The van der Waals surface area contributed by atoms with Crippen LogP contribution in [0.3, 0.4) is 0 Å². The fourth-order valence-corrected chi connectivity index (χ4v) is 2.72. The lowest BCUT2D eigenvalue weighted by Gasteiger charge is -2.41. The Balaban J connectivity index is 2.65. The van der Waals surface area contributed by atoms with Crippen molar-refractivity contribution in [1.29, 1.82) is 0 Å². The molecule has 1 fully saturated rings. The van der Waals surface area contributed by atoms with Crippen LogP contribution in [0.4, 0.5) is 0 Å². The first-order valence-electron chi connectivity index (χ1n) is 7.83. The van der Waals surface area contributed by atoms with Crippen molar-refractivity contribution in [3.05, 3.63) is 0 Å². The topological polar surface area (TPSA) is 32.3 Å². The molecule has 19 heavy (non-hydrogen) atoms. The average molecular weight is 268 g/mol. The van der Waals surface area contributed by atoms with Crippen molar-refractivity contribution in [2.24, 2.45) is 23.7 Å². The first kappa shape index (κ1) is 16.5. The molecule has 0 bridgehead atoms. The third-order valence-corrected chi connectivity index (χ3v) is 4.05. The number of piperidine rings is 1. The predicted molar refractivity (Wildman–Crippen MR) is 81.0 cm³/mol. The molecule has 2 unspecified atom stereocenters. The molecule has 3 nitrogen and oxygen atoms in total. The van der Waals surface area contributed by atoms with Gasteiger partial charge < -0.3 is 10.2 Å². The lowest BCUT2D eigenvalue weighted by Crippen LogP contribution is -2.53. The summed E-state index contributed by atoms with van der Waals surface area (Å²) in [6.07, 6.45) is 1.20. The van der Waals surface area contributed by atoms with Crippen LogP contribution >= 0.6 is 0 Å². The number of nitrogens with zero attached hydrogens (tertiary/aromatic N) is 1. The van der Waals surface area contributed by atoms with Crippen molar-refractivity contribution in [2.45, 2.75) is 54.0 Å². The molecule has 3 heteroatoms. The van der Waals surface area contributed by atoms with Gasteiger partial charge >= 0.3 is 0 Å². The van der Waals surface area contributed by atoms with Gasteiger partial charge in [-0.05, 0) is 30.7 Å². The number of hydrogen-bond donors (Lipinski definition) is 1. The molecule has 1 amide bonds. The molecule has 0 aliphatic carbocycles. The summed E-state index contributed by atoms with van der Waals surface area (Å²) in [6, 6.07) is 0.464. The Hall–Kier alpha value is -0.570. The highest BCUT2D eigenvalue weighted by Gasteiger charge is 2.31. The van der Waals surface area contributed by atoms with E-state index in [1.807, 2.05) is 13.8 Å². The molecule has 1 N–H and O–H groups in total. The van der Waals surface area contributed by atoms with Gasteiger partial charge in [-0.2, -0.15) is 0 Å². The number of carbonyl (C=O) groups excluding carboxylic acids is 1. The van der Waals surface area contributed by atoms with Crippen LogP contribution in [0.15, 0.2) is 0 Å². The molecule has 1 rings (SSSR count). The number of rotatable bonds is 5. The van der Waals surface area contributed by atoms with Crippen LogP contribution in [0.2, 0.25) is 0 Å². The van der Waals surface area contributed by atoms with Crippen molar-refractivity contribution in [3.8, 4) is 0 Å². The summed E-state index contributed by atoms with van der Waals surface area (Å²) in [5.41, 5.74) is 0. The smallest absolute Gasteiger partial charge is 0.225 e. The van der Waals surface area contributed by atoms with Gasteiger partial charge in [0.2, 0.25) is 5.91 Å². The third-order valence-electron chi connectivity index (χ3n) is 4.05. The fraction of sp³-hybridized carbons (Fsp3) is 0.938. The molecular formula is C16H32N2O. The first-order valence-corrected chi connectivity index (χ1v) is 7.83. The minimum absolute atomic E-state index is 0.108. The molecule has 2 atom stereocenters. The van der Waals surface area contributed by atoms with Gasteiger partial charge in [0, 0.05) is 25.0 Å². The first-order chi connectivity index (χ1) is 8.81. The van der Waals surface area contributed by atoms with Crippen LogP contribution in [0.25, 0.3) is 0 Å². The molecule has 0 aromatic heterocycles.